The number of hydrogen-bond acceptors (Lipinski definition) is 5. The van der Waals surface area contributed by atoms with E-state index < -0.39 is 5.97 Å². The highest BCUT2D eigenvalue weighted by Crippen LogP contribution is 2.27. The number of aromatic nitrogens is 2. The van der Waals surface area contributed by atoms with Crippen LogP contribution in [-0.2, 0) is 4.74 Å². The fourth-order valence-electron chi connectivity index (χ4n) is 3.01. The third-order valence-corrected chi connectivity index (χ3v) is 4.55. The van der Waals surface area contributed by atoms with Crippen molar-refractivity contribution >= 4 is 5.97 Å². The highest BCUT2D eigenvalue weighted by molar-refractivity contribution is 5.89. The third-order valence-electron chi connectivity index (χ3n) is 4.55. The number of para-hydroxylation sites is 1. The normalized spacial score (nSPS) is 10.5. The molecule has 0 bridgehead atoms. The van der Waals surface area contributed by atoms with E-state index >= 15 is 0 Å². The Morgan fingerprint density at radius 1 is 0.800 bits per heavy atom. The standard InChI is InChI=1S/C24H20N2O4/c1-28-19-14-10-18(11-15-19)26-23(24(27)29-2)16-22(25-26)17-8-12-21(13-9-17)30-20-6-4-3-5-7-20/h3-16H,1-2H3. The molecule has 0 saturated carbocycles. The quantitative estimate of drug-likeness (QED) is 0.420. The summed E-state index contributed by atoms with van der Waals surface area (Å²) >= 11 is 0. The summed E-state index contributed by atoms with van der Waals surface area (Å²) in [5.41, 5.74) is 2.57. The Kier molecular flexibility index (Phi) is 5.48. The molecule has 0 aliphatic rings. The molecule has 0 spiro atoms. The topological polar surface area (TPSA) is 62.6 Å². The predicted molar refractivity (Wildman–Crippen MR) is 113 cm³/mol. The van der Waals surface area contributed by atoms with Crippen molar-refractivity contribution in [3.8, 4) is 34.2 Å². The van der Waals surface area contributed by atoms with Gasteiger partial charge in [0.1, 0.15) is 17.2 Å². The molecule has 0 unspecified atom stereocenters. The van der Waals surface area contributed by atoms with Gasteiger partial charge in [0.05, 0.1) is 25.6 Å². The zero-order valence-electron chi connectivity index (χ0n) is 16.6. The number of ether oxygens (including phenoxy) is 3. The van der Waals surface area contributed by atoms with Gasteiger partial charge in [-0.2, -0.15) is 5.10 Å². The number of carbonyl (C=O) groups excluding carboxylic acids is 1. The van der Waals surface area contributed by atoms with Gasteiger partial charge in [0.2, 0.25) is 0 Å². The lowest BCUT2D eigenvalue weighted by Crippen LogP contribution is -2.10. The summed E-state index contributed by atoms with van der Waals surface area (Å²) in [5.74, 6) is 1.74. The Morgan fingerprint density at radius 3 is 2.07 bits per heavy atom. The summed E-state index contributed by atoms with van der Waals surface area (Å²) in [7, 11) is 2.95. The molecule has 0 atom stereocenters. The molecule has 0 saturated heterocycles. The lowest BCUT2D eigenvalue weighted by Gasteiger charge is -2.07. The molecule has 1 aromatic heterocycles. The maximum atomic E-state index is 12.3. The van der Waals surface area contributed by atoms with Gasteiger partial charge in [-0.3, -0.25) is 0 Å². The first kappa shape index (κ1) is 19.3. The molecule has 1 heterocycles. The van der Waals surface area contributed by atoms with E-state index in [9.17, 15) is 4.79 Å². The number of esters is 1. The lowest BCUT2D eigenvalue weighted by molar-refractivity contribution is 0.0590. The molecule has 4 rings (SSSR count). The van der Waals surface area contributed by atoms with Gasteiger partial charge in [-0.1, -0.05) is 18.2 Å². The van der Waals surface area contributed by atoms with Gasteiger partial charge in [0.15, 0.2) is 5.69 Å². The van der Waals surface area contributed by atoms with Crippen molar-refractivity contribution in [2.75, 3.05) is 14.2 Å². The molecule has 6 heteroatoms. The predicted octanol–water partition coefficient (Wildman–Crippen LogP) is 5.13. The van der Waals surface area contributed by atoms with Crippen LogP contribution in [0.1, 0.15) is 10.5 Å². The van der Waals surface area contributed by atoms with Crippen LogP contribution in [0.15, 0.2) is 84.9 Å². The summed E-state index contributed by atoms with van der Waals surface area (Å²) in [6.07, 6.45) is 0. The Labute approximate surface area is 174 Å². The molecule has 30 heavy (non-hydrogen) atoms. The Bertz CT molecular complexity index is 1130. The molecule has 0 radical (unpaired) electrons. The summed E-state index contributed by atoms with van der Waals surface area (Å²) in [6.45, 7) is 0. The van der Waals surface area contributed by atoms with E-state index in [2.05, 4.69) is 5.10 Å². The zero-order valence-corrected chi connectivity index (χ0v) is 16.6. The minimum Gasteiger partial charge on any atom is -0.497 e. The Morgan fingerprint density at radius 2 is 1.43 bits per heavy atom. The average molecular weight is 400 g/mol. The van der Waals surface area contributed by atoms with E-state index in [1.807, 2.05) is 78.9 Å². The molecule has 0 aliphatic carbocycles. The van der Waals surface area contributed by atoms with Crippen LogP contribution in [-0.4, -0.2) is 30.0 Å². The molecule has 4 aromatic rings. The fourth-order valence-corrected chi connectivity index (χ4v) is 3.01. The molecule has 0 N–H and O–H groups in total. The van der Waals surface area contributed by atoms with Crippen LogP contribution >= 0.6 is 0 Å². The first-order valence-electron chi connectivity index (χ1n) is 9.34. The molecular weight excluding hydrogens is 380 g/mol. The van der Waals surface area contributed by atoms with Crippen molar-refractivity contribution < 1.29 is 19.0 Å². The van der Waals surface area contributed by atoms with Gasteiger partial charge >= 0.3 is 5.97 Å². The van der Waals surface area contributed by atoms with Gasteiger partial charge in [0, 0.05) is 5.56 Å². The lowest BCUT2D eigenvalue weighted by atomic mass is 10.1. The smallest absolute Gasteiger partial charge is 0.356 e. The molecule has 0 fully saturated rings. The van der Waals surface area contributed by atoms with Gasteiger partial charge in [-0.05, 0) is 66.7 Å². The first-order valence-corrected chi connectivity index (χ1v) is 9.34. The maximum Gasteiger partial charge on any atom is 0.356 e. The highest BCUT2D eigenvalue weighted by atomic mass is 16.5. The van der Waals surface area contributed by atoms with Crippen LogP contribution in [0.4, 0.5) is 0 Å². The van der Waals surface area contributed by atoms with Gasteiger partial charge < -0.3 is 14.2 Å². The summed E-state index contributed by atoms with van der Waals surface area (Å²) in [4.78, 5) is 12.3. The van der Waals surface area contributed by atoms with Crippen LogP contribution in [0.5, 0.6) is 17.2 Å². The number of rotatable bonds is 6. The number of carbonyl (C=O) groups is 1. The van der Waals surface area contributed by atoms with E-state index in [4.69, 9.17) is 14.2 Å². The summed E-state index contributed by atoms with van der Waals surface area (Å²) < 4.78 is 17.5. The SMILES string of the molecule is COC(=O)c1cc(-c2ccc(Oc3ccccc3)cc2)nn1-c1ccc(OC)cc1. The van der Waals surface area contributed by atoms with Crippen molar-refractivity contribution in [2.24, 2.45) is 0 Å². The van der Waals surface area contributed by atoms with Gasteiger partial charge in [-0.25, -0.2) is 9.48 Å². The van der Waals surface area contributed by atoms with E-state index in [1.54, 1.807) is 17.9 Å². The average Bonchev–Trinajstić information content (AvgIpc) is 3.25. The number of methoxy groups -OCH3 is 2. The van der Waals surface area contributed by atoms with Crippen molar-refractivity contribution in [3.63, 3.8) is 0 Å². The number of hydrogen-bond donors (Lipinski definition) is 0. The maximum absolute atomic E-state index is 12.3. The van der Waals surface area contributed by atoms with Crippen LogP contribution in [0.3, 0.4) is 0 Å². The minimum atomic E-state index is -0.464. The second-order valence-electron chi connectivity index (χ2n) is 6.46. The van der Waals surface area contributed by atoms with Crippen molar-refractivity contribution in [3.05, 3.63) is 90.6 Å². The minimum absolute atomic E-state index is 0.335. The van der Waals surface area contributed by atoms with Crippen molar-refractivity contribution in [1.29, 1.82) is 0 Å². The summed E-state index contributed by atoms with van der Waals surface area (Å²) in [5, 5.41) is 4.62. The summed E-state index contributed by atoms with van der Waals surface area (Å²) in [6, 6.07) is 26.1. The van der Waals surface area contributed by atoms with Crippen molar-refractivity contribution in [1.82, 2.24) is 9.78 Å². The van der Waals surface area contributed by atoms with Crippen LogP contribution in [0.2, 0.25) is 0 Å². The zero-order chi connectivity index (χ0) is 20.9. The Hall–Kier alpha value is -4.06. The van der Waals surface area contributed by atoms with Crippen molar-refractivity contribution in [2.45, 2.75) is 0 Å². The molecule has 0 amide bonds. The molecule has 6 nitrogen and oxygen atoms in total. The van der Waals surface area contributed by atoms with E-state index in [0.29, 0.717) is 17.1 Å². The second kappa shape index (κ2) is 8.53. The third kappa shape index (κ3) is 4.03. The van der Waals surface area contributed by atoms with Crippen LogP contribution in [0, 0.1) is 0 Å². The Balaban J connectivity index is 1.65. The highest BCUT2D eigenvalue weighted by Gasteiger charge is 2.18. The molecule has 0 aliphatic heterocycles. The van der Waals surface area contributed by atoms with Gasteiger partial charge in [-0.15, -0.1) is 0 Å². The van der Waals surface area contributed by atoms with Crippen LogP contribution < -0.4 is 9.47 Å². The second-order valence-corrected chi connectivity index (χ2v) is 6.46. The molecular formula is C24H20N2O4. The number of benzene rings is 3. The monoisotopic (exact) mass is 400 g/mol. The van der Waals surface area contributed by atoms with E-state index in [0.717, 1.165) is 22.7 Å². The molecule has 3 aromatic carbocycles. The molecule has 150 valence electrons. The largest absolute Gasteiger partial charge is 0.497 e. The van der Waals surface area contributed by atoms with Gasteiger partial charge in [0.25, 0.3) is 0 Å². The van der Waals surface area contributed by atoms with E-state index in [-0.39, 0.29) is 0 Å². The first-order chi connectivity index (χ1) is 14.7. The van der Waals surface area contributed by atoms with E-state index in [1.165, 1.54) is 7.11 Å². The fraction of sp³-hybridized carbons (Fsp3) is 0.0833. The van der Waals surface area contributed by atoms with Crippen LogP contribution in [0.25, 0.3) is 16.9 Å². The number of nitrogens with zero attached hydrogens (tertiary/aromatic N) is 2.